The Balaban J connectivity index is 2.52. The molecule has 1 unspecified atom stereocenters. The number of nitrogens with two attached hydrogens (primary N) is 1. The predicted molar refractivity (Wildman–Crippen MR) is 85.2 cm³/mol. The largest absolute Gasteiger partial charge is 0.492 e. The van der Waals surface area contributed by atoms with E-state index in [1.54, 1.807) is 0 Å². The summed E-state index contributed by atoms with van der Waals surface area (Å²) in [5, 5.41) is 2.87. The molecule has 1 amide bonds. The van der Waals surface area contributed by atoms with Crippen molar-refractivity contribution in [1.29, 1.82) is 0 Å². The van der Waals surface area contributed by atoms with Crippen molar-refractivity contribution in [2.24, 2.45) is 5.73 Å². The van der Waals surface area contributed by atoms with Crippen LogP contribution < -0.4 is 15.8 Å². The van der Waals surface area contributed by atoms with Gasteiger partial charge in [-0.25, -0.2) is 0 Å². The predicted octanol–water partition coefficient (Wildman–Crippen LogP) is 1.37. The molecule has 1 atom stereocenters. The molecule has 0 saturated carbocycles. The van der Waals surface area contributed by atoms with Crippen LogP contribution in [0.4, 0.5) is 0 Å². The van der Waals surface area contributed by atoms with Crippen LogP contribution in [0.3, 0.4) is 0 Å². The van der Waals surface area contributed by atoms with Crippen LogP contribution in [0.15, 0.2) is 24.3 Å². The van der Waals surface area contributed by atoms with Gasteiger partial charge in [0.2, 0.25) is 5.91 Å². The second-order valence-electron chi connectivity index (χ2n) is 5.37. The number of nitrogens with one attached hydrogen (secondary N) is 1. The molecule has 0 spiro atoms. The van der Waals surface area contributed by atoms with Crippen LogP contribution in [0.5, 0.6) is 5.75 Å². The van der Waals surface area contributed by atoms with Crippen molar-refractivity contribution >= 4 is 5.91 Å². The zero-order valence-electron chi connectivity index (χ0n) is 13.3. The zero-order valence-corrected chi connectivity index (χ0v) is 13.3. The molecule has 3 N–H and O–H groups in total. The van der Waals surface area contributed by atoms with Crippen LogP contribution >= 0.6 is 0 Å². The van der Waals surface area contributed by atoms with E-state index in [0.29, 0.717) is 19.6 Å². The van der Waals surface area contributed by atoms with E-state index in [1.807, 2.05) is 45.3 Å². The highest BCUT2D eigenvalue weighted by Gasteiger charge is 2.12. The van der Waals surface area contributed by atoms with E-state index in [1.165, 1.54) is 0 Å². The lowest BCUT2D eigenvalue weighted by atomic mass is 10.1. The number of carbonyl (C=O) groups is 1. The molecule has 0 bridgehead atoms. The normalized spacial score (nSPS) is 12.2. The van der Waals surface area contributed by atoms with Crippen molar-refractivity contribution in [2.45, 2.75) is 32.4 Å². The number of para-hydroxylation sites is 1. The van der Waals surface area contributed by atoms with Gasteiger partial charge < -0.3 is 20.7 Å². The Labute approximate surface area is 127 Å². The molecule has 0 aliphatic carbocycles. The fraction of sp³-hybridized carbons (Fsp3) is 0.562. The summed E-state index contributed by atoms with van der Waals surface area (Å²) < 4.78 is 5.76. The first kappa shape index (κ1) is 17.5. The van der Waals surface area contributed by atoms with Crippen LogP contribution in [-0.4, -0.2) is 44.1 Å². The molecule has 0 radical (unpaired) electrons. The molecule has 0 aliphatic rings. The Morgan fingerprint density at radius 2 is 2.10 bits per heavy atom. The highest BCUT2D eigenvalue weighted by atomic mass is 16.5. The summed E-state index contributed by atoms with van der Waals surface area (Å²) in [6.07, 6.45) is 1.60. The van der Waals surface area contributed by atoms with Crippen LogP contribution in [-0.2, 0) is 11.3 Å². The van der Waals surface area contributed by atoms with Gasteiger partial charge >= 0.3 is 0 Å². The van der Waals surface area contributed by atoms with Crippen LogP contribution in [0.2, 0.25) is 0 Å². The van der Waals surface area contributed by atoms with Gasteiger partial charge in [-0.1, -0.05) is 31.5 Å². The maximum Gasteiger partial charge on any atom is 0.237 e. The number of carbonyl (C=O) groups excluding carboxylic acids is 1. The summed E-state index contributed by atoms with van der Waals surface area (Å²) in [4.78, 5) is 13.9. The van der Waals surface area contributed by atoms with E-state index in [9.17, 15) is 4.79 Å². The van der Waals surface area contributed by atoms with Crippen molar-refractivity contribution in [2.75, 3.05) is 27.2 Å². The summed E-state index contributed by atoms with van der Waals surface area (Å²) >= 11 is 0. The maximum absolute atomic E-state index is 11.8. The molecule has 118 valence electrons. The molecule has 0 aliphatic heterocycles. The number of amides is 1. The quantitative estimate of drug-likeness (QED) is 0.721. The van der Waals surface area contributed by atoms with E-state index in [-0.39, 0.29) is 5.91 Å². The number of likely N-dealkylation sites (N-methyl/N-ethyl adjacent to an activating group) is 1. The molecule has 0 aromatic heterocycles. The highest BCUT2D eigenvalue weighted by Crippen LogP contribution is 2.17. The topological polar surface area (TPSA) is 67.6 Å². The summed E-state index contributed by atoms with van der Waals surface area (Å²) in [6.45, 7) is 3.92. The van der Waals surface area contributed by atoms with Gasteiger partial charge in [0.1, 0.15) is 12.4 Å². The third kappa shape index (κ3) is 6.60. The smallest absolute Gasteiger partial charge is 0.237 e. The summed E-state index contributed by atoms with van der Waals surface area (Å²) in [5.41, 5.74) is 6.76. The third-order valence-corrected chi connectivity index (χ3v) is 3.16. The van der Waals surface area contributed by atoms with Crippen LogP contribution in [0.1, 0.15) is 25.3 Å². The molecule has 0 fully saturated rings. The number of hydrogen-bond donors (Lipinski definition) is 2. The molecule has 1 rings (SSSR count). The Morgan fingerprint density at radius 1 is 1.38 bits per heavy atom. The van der Waals surface area contributed by atoms with Gasteiger partial charge in [-0.2, -0.15) is 0 Å². The molecule has 0 heterocycles. The lowest BCUT2D eigenvalue weighted by Crippen LogP contribution is -2.40. The Hall–Kier alpha value is -1.59. The summed E-state index contributed by atoms with van der Waals surface area (Å²) in [7, 11) is 4.01. The van der Waals surface area contributed by atoms with Gasteiger partial charge in [0.05, 0.1) is 6.04 Å². The molecule has 1 aromatic rings. The van der Waals surface area contributed by atoms with Crippen molar-refractivity contribution in [3.63, 3.8) is 0 Å². The van der Waals surface area contributed by atoms with Crippen molar-refractivity contribution in [3.05, 3.63) is 29.8 Å². The highest BCUT2D eigenvalue weighted by molar-refractivity contribution is 5.81. The van der Waals surface area contributed by atoms with Gasteiger partial charge in [0, 0.05) is 18.7 Å². The molecule has 0 saturated heterocycles. The summed E-state index contributed by atoms with van der Waals surface area (Å²) in [5.74, 6) is 0.698. The van der Waals surface area contributed by atoms with E-state index in [2.05, 4.69) is 10.2 Å². The first-order valence-corrected chi connectivity index (χ1v) is 7.43. The fourth-order valence-electron chi connectivity index (χ4n) is 1.88. The van der Waals surface area contributed by atoms with Crippen LogP contribution in [0.25, 0.3) is 0 Å². The van der Waals surface area contributed by atoms with Gasteiger partial charge in [-0.3, -0.25) is 4.79 Å². The first-order chi connectivity index (χ1) is 10.0. The molecule has 1 aromatic carbocycles. The minimum atomic E-state index is -0.433. The fourth-order valence-corrected chi connectivity index (χ4v) is 1.88. The molecule has 21 heavy (non-hydrogen) atoms. The van der Waals surface area contributed by atoms with Gasteiger partial charge in [0.25, 0.3) is 0 Å². The molecule has 5 nitrogen and oxygen atoms in total. The third-order valence-electron chi connectivity index (χ3n) is 3.16. The lowest BCUT2D eigenvalue weighted by molar-refractivity contribution is -0.122. The number of rotatable bonds is 9. The zero-order chi connectivity index (χ0) is 15.7. The second kappa shape index (κ2) is 9.37. The van der Waals surface area contributed by atoms with E-state index in [4.69, 9.17) is 10.5 Å². The Kier molecular flexibility index (Phi) is 7.79. The van der Waals surface area contributed by atoms with E-state index in [0.717, 1.165) is 24.3 Å². The first-order valence-electron chi connectivity index (χ1n) is 7.43. The summed E-state index contributed by atoms with van der Waals surface area (Å²) in [6, 6.07) is 7.31. The van der Waals surface area contributed by atoms with Crippen molar-refractivity contribution < 1.29 is 9.53 Å². The molecular weight excluding hydrogens is 266 g/mol. The number of benzene rings is 1. The van der Waals surface area contributed by atoms with Crippen LogP contribution in [0, 0.1) is 0 Å². The monoisotopic (exact) mass is 293 g/mol. The lowest BCUT2D eigenvalue weighted by Gasteiger charge is -2.15. The Bertz CT molecular complexity index is 435. The van der Waals surface area contributed by atoms with Crippen molar-refractivity contribution in [1.82, 2.24) is 10.2 Å². The number of nitrogens with zero attached hydrogens (tertiary/aromatic N) is 1. The maximum atomic E-state index is 11.8. The minimum Gasteiger partial charge on any atom is -0.492 e. The average molecular weight is 293 g/mol. The Morgan fingerprint density at radius 3 is 2.76 bits per heavy atom. The van der Waals surface area contributed by atoms with Gasteiger partial charge in [-0.05, 0) is 26.6 Å². The SMILES string of the molecule is CCCC(N)C(=O)NCc1ccccc1OCCN(C)C. The number of hydrogen-bond acceptors (Lipinski definition) is 4. The molecular formula is C16H27N3O2. The van der Waals surface area contributed by atoms with E-state index >= 15 is 0 Å². The minimum absolute atomic E-state index is 0.111. The molecule has 5 heteroatoms. The van der Waals surface area contributed by atoms with Gasteiger partial charge in [-0.15, -0.1) is 0 Å². The van der Waals surface area contributed by atoms with Gasteiger partial charge in [0.15, 0.2) is 0 Å². The average Bonchev–Trinajstić information content (AvgIpc) is 2.45. The van der Waals surface area contributed by atoms with E-state index < -0.39 is 6.04 Å². The number of ether oxygens (including phenoxy) is 1. The second-order valence-corrected chi connectivity index (χ2v) is 5.37. The van der Waals surface area contributed by atoms with Crippen molar-refractivity contribution in [3.8, 4) is 5.75 Å². The standard InChI is InChI=1S/C16H27N3O2/c1-4-7-14(17)16(20)18-12-13-8-5-6-9-15(13)21-11-10-19(2)3/h5-6,8-9,14H,4,7,10-12,17H2,1-3H3,(H,18,20).